The predicted molar refractivity (Wildman–Crippen MR) is 83.5 cm³/mol. The number of fused-ring (bicyclic) bond motifs is 1. The Bertz CT molecular complexity index is 577. The van der Waals surface area contributed by atoms with Crippen LogP contribution in [0.25, 0.3) is 10.9 Å². The first-order chi connectivity index (χ1) is 8.74. The summed E-state index contributed by atoms with van der Waals surface area (Å²) in [5, 5.41) is 4.62. The van der Waals surface area contributed by atoms with Crippen LogP contribution in [0, 0.1) is 13.8 Å². The standard InChI is InChI=1S/C15H19N3.ClH/c1-11-3-4-14-13(9-11)10-12(2)15(17-14)18-7-5-16-6-8-18;/h3-4,9-10,16H,5-8H2,1-2H3;1H. The molecule has 0 unspecified atom stereocenters. The van der Waals surface area contributed by atoms with Crippen LogP contribution in [0.1, 0.15) is 11.1 Å². The van der Waals surface area contributed by atoms with E-state index in [0.717, 1.165) is 37.5 Å². The maximum absolute atomic E-state index is 4.84. The largest absolute Gasteiger partial charge is 0.354 e. The molecule has 1 saturated heterocycles. The summed E-state index contributed by atoms with van der Waals surface area (Å²) in [7, 11) is 0. The third-order valence-corrected chi connectivity index (χ3v) is 3.55. The van der Waals surface area contributed by atoms with Gasteiger partial charge < -0.3 is 10.2 Å². The van der Waals surface area contributed by atoms with E-state index < -0.39 is 0 Å². The summed E-state index contributed by atoms with van der Waals surface area (Å²) < 4.78 is 0. The van der Waals surface area contributed by atoms with Crippen LogP contribution in [-0.2, 0) is 0 Å². The maximum Gasteiger partial charge on any atom is 0.132 e. The Morgan fingerprint density at radius 2 is 1.84 bits per heavy atom. The van der Waals surface area contributed by atoms with Gasteiger partial charge in [0, 0.05) is 31.6 Å². The second-order valence-corrected chi connectivity index (χ2v) is 5.06. The van der Waals surface area contributed by atoms with Gasteiger partial charge >= 0.3 is 0 Å². The van der Waals surface area contributed by atoms with E-state index in [2.05, 4.69) is 48.3 Å². The number of hydrogen-bond donors (Lipinski definition) is 1. The second-order valence-electron chi connectivity index (χ2n) is 5.06. The molecular weight excluding hydrogens is 258 g/mol. The van der Waals surface area contributed by atoms with Gasteiger partial charge in [-0.25, -0.2) is 4.98 Å². The van der Waals surface area contributed by atoms with E-state index in [0.29, 0.717) is 0 Å². The van der Waals surface area contributed by atoms with Crippen molar-refractivity contribution < 1.29 is 0 Å². The topological polar surface area (TPSA) is 28.2 Å². The van der Waals surface area contributed by atoms with Gasteiger partial charge in [0.15, 0.2) is 0 Å². The van der Waals surface area contributed by atoms with Crippen molar-refractivity contribution in [2.75, 3.05) is 31.1 Å². The van der Waals surface area contributed by atoms with Crippen LogP contribution in [0.15, 0.2) is 24.3 Å². The summed E-state index contributed by atoms with van der Waals surface area (Å²) in [6.07, 6.45) is 0. The number of nitrogens with zero attached hydrogens (tertiary/aromatic N) is 2. The molecule has 0 atom stereocenters. The monoisotopic (exact) mass is 277 g/mol. The lowest BCUT2D eigenvalue weighted by atomic mass is 10.1. The number of aryl methyl sites for hydroxylation is 2. The Labute approximate surface area is 120 Å². The average molecular weight is 278 g/mol. The third-order valence-electron chi connectivity index (χ3n) is 3.55. The fraction of sp³-hybridized carbons (Fsp3) is 0.400. The van der Waals surface area contributed by atoms with Crippen molar-refractivity contribution in [3.8, 4) is 0 Å². The molecule has 4 heteroatoms. The lowest BCUT2D eigenvalue weighted by Crippen LogP contribution is -2.44. The Morgan fingerprint density at radius 3 is 2.58 bits per heavy atom. The molecule has 1 aliphatic rings. The highest BCUT2D eigenvalue weighted by molar-refractivity contribution is 5.85. The van der Waals surface area contributed by atoms with E-state index >= 15 is 0 Å². The van der Waals surface area contributed by atoms with Gasteiger partial charge in [0.25, 0.3) is 0 Å². The van der Waals surface area contributed by atoms with Crippen LogP contribution in [0.4, 0.5) is 5.82 Å². The van der Waals surface area contributed by atoms with Gasteiger partial charge in [0.1, 0.15) is 5.82 Å². The molecule has 1 aliphatic heterocycles. The third kappa shape index (κ3) is 2.82. The molecule has 0 amide bonds. The summed E-state index contributed by atoms with van der Waals surface area (Å²) in [6.45, 7) is 8.47. The van der Waals surface area contributed by atoms with Crippen LogP contribution < -0.4 is 10.2 Å². The van der Waals surface area contributed by atoms with Gasteiger partial charge in [-0.3, -0.25) is 0 Å². The summed E-state index contributed by atoms with van der Waals surface area (Å²) in [6, 6.07) is 8.71. The average Bonchev–Trinajstić information content (AvgIpc) is 2.39. The Morgan fingerprint density at radius 1 is 1.11 bits per heavy atom. The first-order valence-electron chi connectivity index (χ1n) is 6.58. The highest BCUT2D eigenvalue weighted by atomic mass is 35.5. The number of anilines is 1. The number of benzene rings is 1. The molecule has 0 spiro atoms. The molecule has 2 heterocycles. The molecule has 102 valence electrons. The van der Waals surface area contributed by atoms with Crippen molar-refractivity contribution in [2.45, 2.75) is 13.8 Å². The Balaban J connectivity index is 0.00000133. The first kappa shape index (κ1) is 14.1. The van der Waals surface area contributed by atoms with Crippen LogP contribution in [-0.4, -0.2) is 31.2 Å². The molecule has 1 N–H and O–H groups in total. The molecule has 0 bridgehead atoms. The SMILES string of the molecule is Cc1ccc2nc(N3CCNCC3)c(C)cc2c1.Cl. The van der Waals surface area contributed by atoms with Gasteiger partial charge in [0.05, 0.1) is 5.52 Å². The number of rotatable bonds is 1. The zero-order chi connectivity index (χ0) is 12.5. The normalized spacial score (nSPS) is 15.4. The Hall–Kier alpha value is -1.32. The van der Waals surface area contributed by atoms with E-state index in [1.54, 1.807) is 0 Å². The van der Waals surface area contributed by atoms with Crippen molar-refractivity contribution in [2.24, 2.45) is 0 Å². The van der Waals surface area contributed by atoms with Crippen LogP contribution in [0.5, 0.6) is 0 Å². The number of aromatic nitrogens is 1. The first-order valence-corrected chi connectivity index (χ1v) is 6.58. The van der Waals surface area contributed by atoms with Crippen molar-refractivity contribution in [1.29, 1.82) is 0 Å². The van der Waals surface area contributed by atoms with E-state index in [4.69, 9.17) is 4.98 Å². The summed E-state index contributed by atoms with van der Waals surface area (Å²) in [4.78, 5) is 7.22. The minimum absolute atomic E-state index is 0. The molecule has 2 aromatic rings. The van der Waals surface area contributed by atoms with Crippen molar-refractivity contribution in [1.82, 2.24) is 10.3 Å². The van der Waals surface area contributed by atoms with Crippen LogP contribution in [0.3, 0.4) is 0 Å². The fourth-order valence-electron chi connectivity index (χ4n) is 2.59. The summed E-state index contributed by atoms with van der Waals surface area (Å²) in [5.74, 6) is 1.15. The highest BCUT2D eigenvalue weighted by Gasteiger charge is 2.14. The second kappa shape index (κ2) is 5.76. The molecule has 3 nitrogen and oxygen atoms in total. The van der Waals surface area contributed by atoms with E-state index in [1.165, 1.54) is 16.5 Å². The van der Waals surface area contributed by atoms with Gasteiger partial charge in [0.2, 0.25) is 0 Å². The minimum Gasteiger partial charge on any atom is -0.354 e. The van der Waals surface area contributed by atoms with Gasteiger partial charge in [-0.15, -0.1) is 12.4 Å². The molecule has 19 heavy (non-hydrogen) atoms. The lowest BCUT2D eigenvalue weighted by Gasteiger charge is -2.29. The van der Waals surface area contributed by atoms with Gasteiger partial charge in [-0.05, 0) is 37.6 Å². The van der Waals surface area contributed by atoms with Crippen LogP contribution in [0.2, 0.25) is 0 Å². The lowest BCUT2D eigenvalue weighted by molar-refractivity contribution is 0.584. The number of hydrogen-bond acceptors (Lipinski definition) is 3. The number of halogens is 1. The summed E-state index contributed by atoms with van der Waals surface area (Å²) in [5.41, 5.74) is 3.66. The van der Waals surface area contributed by atoms with Crippen molar-refractivity contribution in [3.05, 3.63) is 35.4 Å². The molecule has 0 saturated carbocycles. The molecule has 1 fully saturated rings. The maximum atomic E-state index is 4.84. The molecule has 1 aromatic heterocycles. The fourth-order valence-corrected chi connectivity index (χ4v) is 2.59. The zero-order valence-electron chi connectivity index (χ0n) is 11.4. The molecular formula is C15H20ClN3. The van der Waals surface area contributed by atoms with Crippen LogP contribution >= 0.6 is 12.4 Å². The van der Waals surface area contributed by atoms with E-state index in [1.807, 2.05) is 0 Å². The molecule has 0 radical (unpaired) electrons. The quantitative estimate of drug-likeness (QED) is 0.869. The van der Waals surface area contributed by atoms with Gasteiger partial charge in [-0.2, -0.15) is 0 Å². The van der Waals surface area contributed by atoms with E-state index in [9.17, 15) is 0 Å². The van der Waals surface area contributed by atoms with E-state index in [-0.39, 0.29) is 12.4 Å². The Kier molecular flexibility index (Phi) is 4.27. The smallest absolute Gasteiger partial charge is 0.132 e. The van der Waals surface area contributed by atoms with Crippen molar-refractivity contribution in [3.63, 3.8) is 0 Å². The van der Waals surface area contributed by atoms with Gasteiger partial charge in [-0.1, -0.05) is 11.6 Å². The number of pyridine rings is 1. The molecule has 0 aliphatic carbocycles. The predicted octanol–water partition coefficient (Wildman–Crippen LogP) is 2.68. The molecule has 1 aromatic carbocycles. The number of nitrogens with one attached hydrogen (secondary N) is 1. The summed E-state index contributed by atoms with van der Waals surface area (Å²) >= 11 is 0. The molecule has 3 rings (SSSR count). The number of piperazine rings is 1. The zero-order valence-corrected chi connectivity index (χ0v) is 12.3. The highest BCUT2D eigenvalue weighted by Crippen LogP contribution is 2.23. The minimum atomic E-state index is 0. The van der Waals surface area contributed by atoms with Crippen molar-refractivity contribution >= 4 is 29.1 Å².